The van der Waals surface area contributed by atoms with E-state index in [1.54, 1.807) is 26.1 Å². The van der Waals surface area contributed by atoms with Gasteiger partial charge in [0.1, 0.15) is 5.82 Å². The number of aryl methyl sites for hydroxylation is 1. The molecule has 0 radical (unpaired) electrons. The molecule has 0 spiro atoms. The Hall–Kier alpha value is -1.62. The first-order valence-corrected chi connectivity index (χ1v) is 6.95. The fourth-order valence-corrected chi connectivity index (χ4v) is 2.51. The van der Waals surface area contributed by atoms with E-state index in [9.17, 15) is 9.18 Å². The van der Waals surface area contributed by atoms with Crippen LogP contribution in [0.3, 0.4) is 0 Å². The van der Waals surface area contributed by atoms with Crippen LogP contribution in [0.4, 0.5) is 9.18 Å². The van der Waals surface area contributed by atoms with E-state index in [-0.39, 0.29) is 30.5 Å². The molecular weight excluding hydrogens is 259 g/mol. The van der Waals surface area contributed by atoms with Gasteiger partial charge in [-0.3, -0.25) is 0 Å². The molecule has 4 nitrogen and oxygen atoms in total. The van der Waals surface area contributed by atoms with Crippen LogP contribution in [0, 0.1) is 5.82 Å². The van der Waals surface area contributed by atoms with E-state index in [0.717, 1.165) is 30.4 Å². The molecule has 1 aromatic carbocycles. The topological polar surface area (TPSA) is 52.6 Å². The maximum atomic E-state index is 13.2. The van der Waals surface area contributed by atoms with Gasteiger partial charge in [0, 0.05) is 7.05 Å². The maximum absolute atomic E-state index is 13.2. The molecule has 2 atom stereocenters. The van der Waals surface area contributed by atoms with Crippen LogP contribution in [0.5, 0.6) is 0 Å². The van der Waals surface area contributed by atoms with Gasteiger partial charge in [-0.15, -0.1) is 0 Å². The van der Waals surface area contributed by atoms with Crippen molar-refractivity contribution in [3.8, 4) is 0 Å². The number of carbonyl (C=O) groups is 1. The molecule has 0 fully saturated rings. The number of aliphatic hydroxyl groups is 1. The second-order valence-corrected chi connectivity index (χ2v) is 5.38. The molecule has 0 saturated heterocycles. The van der Waals surface area contributed by atoms with E-state index in [1.807, 2.05) is 0 Å². The van der Waals surface area contributed by atoms with Gasteiger partial charge in [-0.05, 0) is 49.4 Å². The number of benzene rings is 1. The first kappa shape index (κ1) is 14.8. The number of rotatable bonds is 3. The molecule has 2 unspecified atom stereocenters. The quantitative estimate of drug-likeness (QED) is 0.892. The summed E-state index contributed by atoms with van der Waals surface area (Å²) in [6.45, 7) is 1.71. The molecule has 20 heavy (non-hydrogen) atoms. The number of halogens is 1. The largest absolute Gasteiger partial charge is 0.394 e. The van der Waals surface area contributed by atoms with Gasteiger partial charge in [-0.25, -0.2) is 9.18 Å². The lowest BCUT2D eigenvalue weighted by molar-refractivity contribution is 0.154. The molecule has 1 aliphatic carbocycles. The van der Waals surface area contributed by atoms with Gasteiger partial charge in [0.2, 0.25) is 0 Å². The molecule has 1 aromatic rings. The Balaban J connectivity index is 2.10. The normalized spacial score (nSPS) is 19.1. The summed E-state index contributed by atoms with van der Waals surface area (Å²) in [6.07, 6.45) is 2.63. The molecule has 0 aromatic heterocycles. The van der Waals surface area contributed by atoms with Crippen LogP contribution in [0.15, 0.2) is 18.2 Å². The van der Waals surface area contributed by atoms with Crippen molar-refractivity contribution in [1.82, 2.24) is 10.2 Å². The number of nitrogens with one attached hydrogen (secondary N) is 1. The van der Waals surface area contributed by atoms with E-state index < -0.39 is 0 Å². The zero-order valence-corrected chi connectivity index (χ0v) is 11.9. The standard InChI is InChI=1S/C15H21FN2O2/c1-10(9-19)18(2)15(20)17-14-5-3-4-11-8-12(16)6-7-13(11)14/h6-8,10,14,19H,3-5,9H2,1-2H3,(H,17,20). The summed E-state index contributed by atoms with van der Waals surface area (Å²) < 4.78 is 13.2. The second kappa shape index (κ2) is 6.22. The minimum absolute atomic E-state index is 0.0730. The van der Waals surface area contributed by atoms with Gasteiger partial charge in [-0.1, -0.05) is 6.07 Å². The summed E-state index contributed by atoms with van der Waals surface area (Å²) in [7, 11) is 1.66. The number of amides is 2. The fraction of sp³-hybridized carbons (Fsp3) is 0.533. The Kier molecular flexibility index (Phi) is 4.60. The fourth-order valence-electron chi connectivity index (χ4n) is 2.51. The van der Waals surface area contributed by atoms with Crippen LogP contribution < -0.4 is 5.32 Å². The first-order chi connectivity index (χ1) is 9.52. The van der Waals surface area contributed by atoms with Crippen molar-refractivity contribution in [2.45, 2.75) is 38.3 Å². The summed E-state index contributed by atoms with van der Waals surface area (Å²) in [6, 6.07) is 4.21. The Labute approximate surface area is 118 Å². The molecule has 0 saturated carbocycles. The third-order valence-corrected chi connectivity index (χ3v) is 3.96. The Morgan fingerprint density at radius 3 is 3.05 bits per heavy atom. The minimum Gasteiger partial charge on any atom is -0.394 e. The summed E-state index contributed by atoms with van der Waals surface area (Å²) in [5.74, 6) is -0.234. The van der Waals surface area contributed by atoms with Gasteiger partial charge in [0.25, 0.3) is 0 Å². The van der Waals surface area contributed by atoms with Crippen LogP contribution in [0.2, 0.25) is 0 Å². The van der Waals surface area contributed by atoms with Gasteiger partial charge >= 0.3 is 6.03 Å². The molecule has 110 valence electrons. The van der Waals surface area contributed by atoms with Crippen molar-refractivity contribution >= 4 is 6.03 Å². The maximum Gasteiger partial charge on any atom is 0.317 e. The molecule has 2 rings (SSSR count). The van der Waals surface area contributed by atoms with Crippen molar-refractivity contribution in [1.29, 1.82) is 0 Å². The summed E-state index contributed by atoms with van der Waals surface area (Å²) in [5, 5.41) is 12.0. The molecule has 1 aliphatic rings. The zero-order valence-electron chi connectivity index (χ0n) is 11.9. The van der Waals surface area contributed by atoms with Crippen molar-refractivity contribution in [2.75, 3.05) is 13.7 Å². The molecular formula is C15H21FN2O2. The molecule has 0 aliphatic heterocycles. The van der Waals surface area contributed by atoms with Gasteiger partial charge in [0.05, 0.1) is 18.7 Å². The van der Waals surface area contributed by atoms with Crippen LogP contribution in [0.25, 0.3) is 0 Å². The summed E-state index contributed by atoms with van der Waals surface area (Å²) >= 11 is 0. The highest BCUT2D eigenvalue weighted by Crippen LogP contribution is 2.30. The van der Waals surface area contributed by atoms with Crippen molar-refractivity contribution in [3.63, 3.8) is 0 Å². The highest BCUT2D eigenvalue weighted by Gasteiger charge is 2.24. The molecule has 5 heteroatoms. The highest BCUT2D eigenvalue weighted by atomic mass is 19.1. The Morgan fingerprint density at radius 2 is 2.35 bits per heavy atom. The third-order valence-electron chi connectivity index (χ3n) is 3.96. The number of nitrogens with zero attached hydrogens (tertiary/aromatic N) is 1. The number of likely N-dealkylation sites (N-methyl/N-ethyl adjacent to an activating group) is 1. The summed E-state index contributed by atoms with van der Waals surface area (Å²) in [4.78, 5) is 13.6. The Bertz CT molecular complexity index is 493. The van der Waals surface area contributed by atoms with Crippen molar-refractivity contribution < 1.29 is 14.3 Å². The number of hydrogen-bond acceptors (Lipinski definition) is 2. The second-order valence-electron chi connectivity index (χ2n) is 5.38. The number of urea groups is 1. The van der Waals surface area contributed by atoms with E-state index >= 15 is 0 Å². The molecule has 0 bridgehead atoms. The lowest BCUT2D eigenvalue weighted by atomic mass is 9.87. The van der Waals surface area contributed by atoms with Crippen LogP contribution >= 0.6 is 0 Å². The average molecular weight is 280 g/mol. The molecule has 2 amide bonds. The predicted molar refractivity (Wildman–Crippen MR) is 74.9 cm³/mol. The van der Waals surface area contributed by atoms with E-state index in [4.69, 9.17) is 5.11 Å². The monoisotopic (exact) mass is 280 g/mol. The highest BCUT2D eigenvalue weighted by molar-refractivity contribution is 5.74. The lowest BCUT2D eigenvalue weighted by Gasteiger charge is -2.30. The number of hydrogen-bond donors (Lipinski definition) is 2. The first-order valence-electron chi connectivity index (χ1n) is 6.95. The minimum atomic E-state index is -0.234. The smallest absolute Gasteiger partial charge is 0.317 e. The van der Waals surface area contributed by atoms with Crippen LogP contribution in [0.1, 0.15) is 36.9 Å². The summed E-state index contributed by atoms with van der Waals surface area (Å²) in [5.41, 5.74) is 1.97. The molecule has 0 heterocycles. The van der Waals surface area contributed by atoms with Crippen molar-refractivity contribution in [2.24, 2.45) is 0 Å². The molecule has 2 N–H and O–H groups in total. The predicted octanol–water partition coefficient (Wildman–Crippen LogP) is 2.23. The van der Waals surface area contributed by atoms with Crippen LogP contribution in [-0.2, 0) is 6.42 Å². The van der Waals surface area contributed by atoms with E-state index in [1.165, 1.54) is 11.0 Å². The SMILES string of the molecule is CC(CO)N(C)C(=O)NC1CCCc2cc(F)ccc21. The zero-order chi connectivity index (χ0) is 14.7. The number of fused-ring (bicyclic) bond motifs is 1. The van der Waals surface area contributed by atoms with Gasteiger partial charge in [-0.2, -0.15) is 0 Å². The number of aliphatic hydroxyl groups excluding tert-OH is 1. The number of carbonyl (C=O) groups excluding carboxylic acids is 1. The van der Waals surface area contributed by atoms with Gasteiger partial charge < -0.3 is 15.3 Å². The average Bonchev–Trinajstić information content (AvgIpc) is 2.45. The third kappa shape index (κ3) is 3.10. The van der Waals surface area contributed by atoms with E-state index in [0.29, 0.717) is 0 Å². The lowest BCUT2D eigenvalue weighted by Crippen LogP contribution is -2.45. The van der Waals surface area contributed by atoms with Gasteiger partial charge in [0.15, 0.2) is 0 Å². The van der Waals surface area contributed by atoms with Crippen LogP contribution in [-0.4, -0.2) is 35.7 Å². The van der Waals surface area contributed by atoms with Crippen molar-refractivity contribution in [3.05, 3.63) is 35.1 Å². The Morgan fingerprint density at radius 1 is 1.60 bits per heavy atom. The van der Waals surface area contributed by atoms with E-state index in [2.05, 4.69) is 5.32 Å².